The molecule has 0 aromatic carbocycles. The van der Waals surface area contributed by atoms with E-state index in [2.05, 4.69) is 27.5 Å². The van der Waals surface area contributed by atoms with Gasteiger partial charge >= 0.3 is 0 Å². The highest BCUT2D eigenvalue weighted by atomic mass is 16.5. The summed E-state index contributed by atoms with van der Waals surface area (Å²) in [6, 6.07) is 1.89. The van der Waals surface area contributed by atoms with Crippen LogP contribution in [0.25, 0.3) is 0 Å². The molecule has 5 nitrogen and oxygen atoms in total. The Balaban J connectivity index is 2.42. The lowest BCUT2D eigenvalue weighted by Gasteiger charge is -2.07. The molecular formula is C10H18N4O. The van der Waals surface area contributed by atoms with Crippen LogP contribution in [0.4, 0.5) is 11.6 Å². The van der Waals surface area contributed by atoms with Crippen molar-refractivity contribution in [1.82, 2.24) is 9.97 Å². The maximum absolute atomic E-state index is 4.94. The largest absolute Gasteiger partial charge is 0.383 e. The van der Waals surface area contributed by atoms with Crippen molar-refractivity contribution in [3.63, 3.8) is 0 Å². The Hall–Kier alpha value is -1.36. The van der Waals surface area contributed by atoms with Crippen LogP contribution in [0.15, 0.2) is 12.4 Å². The number of hydrogen-bond donors (Lipinski definition) is 2. The van der Waals surface area contributed by atoms with E-state index in [0.29, 0.717) is 6.61 Å². The Kier molecular flexibility index (Phi) is 5.47. The van der Waals surface area contributed by atoms with Gasteiger partial charge in [0.2, 0.25) is 0 Å². The molecule has 0 atom stereocenters. The lowest BCUT2D eigenvalue weighted by Crippen LogP contribution is -2.10. The predicted molar refractivity (Wildman–Crippen MR) is 61.2 cm³/mol. The van der Waals surface area contributed by atoms with E-state index in [1.54, 1.807) is 13.4 Å². The Morgan fingerprint density at radius 2 is 1.87 bits per heavy atom. The Bertz CT molecular complexity index is 280. The fourth-order valence-corrected chi connectivity index (χ4v) is 1.08. The van der Waals surface area contributed by atoms with E-state index in [9.17, 15) is 0 Å². The fourth-order valence-electron chi connectivity index (χ4n) is 1.08. The zero-order valence-electron chi connectivity index (χ0n) is 9.29. The molecule has 0 saturated heterocycles. The second-order valence-corrected chi connectivity index (χ2v) is 3.13. The molecule has 15 heavy (non-hydrogen) atoms. The molecule has 0 saturated carbocycles. The summed E-state index contributed by atoms with van der Waals surface area (Å²) < 4.78 is 4.94. The van der Waals surface area contributed by atoms with E-state index in [0.717, 1.165) is 31.1 Å². The third kappa shape index (κ3) is 4.60. The molecule has 1 aromatic heterocycles. The van der Waals surface area contributed by atoms with Crippen LogP contribution in [0.1, 0.15) is 13.3 Å². The van der Waals surface area contributed by atoms with E-state index < -0.39 is 0 Å². The molecule has 0 radical (unpaired) electrons. The van der Waals surface area contributed by atoms with Crippen molar-refractivity contribution in [2.75, 3.05) is 37.4 Å². The van der Waals surface area contributed by atoms with E-state index >= 15 is 0 Å². The summed E-state index contributed by atoms with van der Waals surface area (Å²) in [7, 11) is 1.68. The minimum atomic E-state index is 0.668. The molecule has 0 amide bonds. The maximum atomic E-state index is 4.94. The second kappa shape index (κ2) is 7.00. The summed E-state index contributed by atoms with van der Waals surface area (Å²) in [5.74, 6) is 1.67. The van der Waals surface area contributed by atoms with Gasteiger partial charge in [-0.3, -0.25) is 0 Å². The van der Waals surface area contributed by atoms with E-state index in [-0.39, 0.29) is 0 Å². The molecule has 0 spiro atoms. The second-order valence-electron chi connectivity index (χ2n) is 3.13. The zero-order chi connectivity index (χ0) is 10.9. The van der Waals surface area contributed by atoms with Crippen LogP contribution in [0.2, 0.25) is 0 Å². The molecule has 1 heterocycles. The van der Waals surface area contributed by atoms with E-state index in [1.165, 1.54) is 0 Å². The molecule has 84 valence electrons. The van der Waals surface area contributed by atoms with E-state index in [4.69, 9.17) is 4.74 Å². The lowest BCUT2D eigenvalue weighted by molar-refractivity contribution is 0.210. The number of aromatic nitrogens is 2. The Morgan fingerprint density at radius 1 is 1.20 bits per heavy atom. The van der Waals surface area contributed by atoms with Gasteiger partial charge < -0.3 is 15.4 Å². The van der Waals surface area contributed by atoms with Gasteiger partial charge in [-0.25, -0.2) is 9.97 Å². The number of nitrogens with zero attached hydrogens (tertiary/aromatic N) is 2. The summed E-state index contributed by atoms with van der Waals surface area (Å²) >= 11 is 0. The maximum Gasteiger partial charge on any atom is 0.131 e. The summed E-state index contributed by atoms with van der Waals surface area (Å²) in [6.07, 6.45) is 2.63. The summed E-state index contributed by atoms with van der Waals surface area (Å²) in [4.78, 5) is 8.21. The van der Waals surface area contributed by atoms with Crippen molar-refractivity contribution < 1.29 is 4.74 Å². The molecule has 0 aliphatic heterocycles. The number of methoxy groups -OCH3 is 1. The average Bonchev–Trinajstić information content (AvgIpc) is 2.27. The van der Waals surface area contributed by atoms with Crippen LogP contribution in [0.3, 0.4) is 0 Å². The first-order valence-electron chi connectivity index (χ1n) is 5.15. The van der Waals surface area contributed by atoms with Crippen LogP contribution in [-0.4, -0.2) is 36.8 Å². The summed E-state index contributed by atoms with van der Waals surface area (Å²) in [5.41, 5.74) is 0. The Morgan fingerprint density at radius 3 is 2.47 bits per heavy atom. The van der Waals surface area contributed by atoms with E-state index in [1.807, 2.05) is 6.07 Å². The molecule has 0 aliphatic carbocycles. The first-order chi connectivity index (χ1) is 7.36. The average molecular weight is 210 g/mol. The number of ether oxygens (including phenoxy) is 1. The summed E-state index contributed by atoms with van der Waals surface area (Å²) in [6.45, 7) is 4.46. The van der Waals surface area contributed by atoms with Gasteiger partial charge in [-0.05, 0) is 6.42 Å². The van der Waals surface area contributed by atoms with Crippen molar-refractivity contribution in [1.29, 1.82) is 0 Å². The standard InChI is InChI=1S/C10H18N4O/c1-3-4-11-9-7-10(14-8-13-9)12-5-6-15-2/h7-8H,3-6H2,1-2H3,(H2,11,12,13,14). The highest BCUT2D eigenvalue weighted by Gasteiger charge is 1.96. The minimum absolute atomic E-state index is 0.668. The predicted octanol–water partition coefficient (Wildman–Crippen LogP) is 1.36. The third-order valence-electron chi connectivity index (χ3n) is 1.84. The molecule has 1 aromatic rings. The third-order valence-corrected chi connectivity index (χ3v) is 1.84. The van der Waals surface area contributed by atoms with Gasteiger partial charge in [0.25, 0.3) is 0 Å². The molecule has 0 aliphatic rings. The Labute approximate surface area is 90.3 Å². The first-order valence-corrected chi connectivity index (χ1v) is 5.15. The van der Waals surface area contributed by atoms with Gasteiger partial charge in [0.15, 0.2) is 0 Å². The first kappa shape index (κ1) is 11.7. The number of nitrogens with one attached hydrogen (secondary N) is 2. The number of hydrogen-bond acceptors (Lipinski definition) is 5. The summed E-state index contributed by atoms with van der Waals surface area (Å²) in [5, 5.41) is 6.35. The molecule has 0 unspecified atom stereocenters. The molecule has 0 fully saturated rings. The van der Waals surface area contributed by atoms with Crippen LogP contribution in [0, 0.1) is 0 Å². The van der Waals surface area contributed by atoms with Gasteiger partial charge in [0.05, 0.1) is 6.61 Å². The molecule has 1 rings (SSSR count). The topological polar surface area (TPSA) is 59.1 Å². The molecule has 5 heteroatoms. The molecular weight excluding hydrogens is 192 g/mol. The zero-order valence-corrected chi connectivity index (χ0v) is 9.29. The van der Waals surface area contributed by atoms with Crippen LogP contribution < -0.4 is 10.6 Å². The molecule has 2 N–H and O–H groups in total. The lowest BCUT2D eigenvalue weighted by atomic mass is 10.4. The van der Waals surface area contributed by atoms with Gasteiger partial charge in [-0.2, -0.15) is 0 Å². The van der Waals surface area contributed by atoms with Gasteiger partial charge in [-0.1, -0.05) is 6.92 Å². The van der Waals surface area contributed by atoms with Gasteiger partial charge in [0, 0.05) is 26.3 Å². The normalized spacial score (nSPS) is 10.0. The van der Waals surface area contributed by atoms with Crippen molar-refractivity contribution >= 4 is 11.6 Å². The van der Waals surface area contributed by atoms with Crippen molar-refractivity contribution in [3.8, 4) is 0 Å². The van der Waals surface area contributed by atoms with Crippen molar-refractivity contribution in [3.05, 3.63) is 12.4 Å². The number of anilines is 2. The van der Waals surface area contributed by atoms with Crippen molar-refractivity contribution in [2.24, 2.45) is 0 Å². The van der Waals surface area contributed by atoms with Crippen LogP contribution in [-0.2, 0) is 4.74 Å². The minimum Gasteiger partial charge on any atom is -0.383 e. The highest BCUT2D eigenvalue weighted by Crippen LogP contribution is 2.07. The van der Waals surface area contributed by atoms with Gasteiger partial charge in [0.1, 0.15) is 18.0 Å². The highest BCUT2D eigenvalue weighted by molar-refractivity contribution is 5.46. The van der Waals surface area contributed by atoms with Crippen LogP contribution >= 0.6 is 0 Å². The van der Waals surface area contributed by atoms with Crippen molar-refractivity contribution in [2.45, 2.75) is 13.3 Å². The molecule has 0 bridgehead atoms. The SMILES string of the molecule is CCCNc1cc(NCCOC)ncn1. The quantitative estimate of drug-likeness (QED) is 0.665. The number of rotatable bonds is 7. The monoisotopic (exact) mass is 210 g/mol. The fraction of sp³-hybridized carbons (Fsp3) is 0.600. The van der Waals surface area contributed by atoms with Crippen LogP contribution in [0.5, 0.6) is 0 Å². The van der Waals surface area contributed by atoms with Gasteiger partial charge in [-0.15, -0.1) is 0 Å². The smallest absolute Gasteiger partial charge is 0.131 e.